The molecular formula is C7H15NO3. The highest BCUT2D eigenvalue weighted by molar-refractivity contribution is 5.73. The first-order valence-corrected chi connectivity index (χ1v) is 3.73. The van der Waals surface area contributed by atoms with Gasteiger partial charge in [0.05, 0.1) is 0 Å². The summed E-state index contributed by atoms with van der Waals surface area (Å²) in [4.78, 5) is 10.4. The molecule has 0 radical (unpaired) electrons. The minimum atomic E-state index is -0.828. The van der Waals surface area contributed by atoms with Crippen molar-refractivity contribution < 1.29 is 15.0 Å². The van der Waals surface area contributed by atoms with E-state index in [0.717, 1.165) is 6.42 Å². The smallest absolute Gasteiger partial charge is 0.320 e. The molecule has 0 aromatic rings. The lowest BCUT2D eigenvalue weighted by Gasteiger charge is -2.09. The maximum absolute atomic E-state index is 10.4. The van der Waals surface area contributed by atoms with E-state index in [4.69, 9.17) is 10.2 Å². The van der Waals surface area contributed by atoms with Gasteiger partial charge in [-0.15, -0.1) is 0 Å². The van der Waals surface area contributed by atoms with Crippen LogP contribution in [0.3, 0.4) is 0 Å². The molecular weight excluding hydrogens is 146 g/mol. The maximum atomic E-state index is 10.4. The minimum absolute atomic E-state index is 0.135. The highest BCUT2D eigenvalue weighted by Gasteiger charge is 2.12. The number of hydrogen-bond acceptors (Lipinski definition) is 3. The van der Waals surface area contributed by atoms with Crippen molar-refractivity contribution in [1.82, 2.24) is 5.32 Å². The molecule has 0 aliphatic rings. The minimum Gasteiger partial charge on any atom is -0.480 e. The number of aliphatic hydroxyl groups is 1. The first kappa shape index (κ1) is 10.4. The van der Waals surface area contributed by atoms with Gasteiger partial charge in [0.1, 0.15) is 6.04 Å². The summed E-state index contributed by atoms with van der Waals surface area (Å²) >= 11 is 0. The molecule has 0 spiro atoms. The summed E-state index contributed by atoms with van der Waals surface area (Å²) in [6.07, 6.45) is 1.99. The van der Waals surface area contributed by atoms with Crippen molar-refractivity contribution in [3.8, 4) is 0 Å². The third-order valence-corrected chi connectivity index (χ3v) is 1.55. The van der Waals surface area contributed by atoms with Crippen LogP contribution in [0.25, 0.3) is 0 Å². The first-order chi connectivity index (χ1) is 5.22. The Labute approximate surface area is 66.2 Å². The lowest BCUT2D eigenvalue weighted by Crippen LogP contribution is -2.33. The van der Waals surface area contributed by atoms with Gasteiger partial charge in [0.15, 0.2) is 0 Å². The Hall–Kier alpha value is -0.610. The quantitative estimate of drug-likeness (QED) is 0.473. The van der Waals surface area contributed by atoms with E-state index in [2.05, 4.69) is 5.32 Å². The zero-order valence-electron chi connectivity index (χ0n) is 6.71. The van der Waals surface area contributed by atoms with Gasteiger partial charge in [-0.1, -0.05) is 0 Å². The molecule has 0 aliphatic heterocycles. The van der Waals surface area contributed by atoms with Crippen molar-refractivity contribution in [2.24, 2.45) is 0 Å². The molecule has 66 valence electrons. The Morgan fingerprint density at radius 3 is 2.55 bits per heavy atom. The Morgan fingerprint density at radius 2 is 2.18 bits per heavy atom. The summed E-state index contributed by atoms with van der Waals surface area (Å²) in [6.45, 7) is 0.135. The molecule has 0 aliphatic carbocycles. The first-order valence-electron chi connectivity index (χ1n) is 3.73. The third-order valence-electron chi connectivity index (χ3n) is 1.55. The number of nitrogens with one attached hydrogen (secondary N) is 1. The molecule has 0 bridgehead atoms. The number of aliphatic carboxylic acids is 1. The molecule has 0 fully saturated rings. The summed E-state index contributed by atoms with van der Waals surface area (Å²) in [7, 11) is 1.62. The number of hydrogen-bond donors (Lipinski definition) is 3. The number of carbonyl (C=O) groups is 1. The van der Waals surface area contributed by atoms with Crippen molar-refractivity contribution in [3.05, 3.63) is 0 Å². The van der Waals surface area contributed by atoms with E-state index in [1.165, 1.54) is 0 Å². The molecule has 11 heavy (non-hydrogen) atoms. The zero-order valence-corrected chi connectivity index (χ0v) is 6.71. The van der Waals surface area contributed by atoms with Crippen LogP contribution in [0.15, 0.2) is 0 Å². The Balaban J connectivity index is 3.44. The van der Waals surface area contributed by atoms with Crippen LogP contribution in [0, 0.1) is 0 Å². The molecule has 3 N–H and O–H groups in total. The fraction of sp³-hybridized carbons (Fsp3) is 0.857. The van der Waals surface area contributed by atoms with Crippen LogP contribution in [0.2, 0.25) is 0 Å². The largest absolute Gasteiger partial charge is 0.480 e. The number of rotatable bonds is 6. The van der Waals surface area contributed by atoms with E-state index in [1.807, 2.05) is 0 Å². The van der Waals surface area contributed by atoms with Crippen molar-refractivity contribution in [3.63, 3.8) is 0 Å². The van der Waals surface area contributed by atoms with Gasteiger partial charge in [-0.3, -0.25) is 4.79 Å². The molecule has 0 saturated heterocycles. The van der Waals surface area contributed by atoms with Gasteiger partial charge in [0, 0.05) is 6.61 Å². The van der Waals surface area contributed by atoms with Crippen molar-refractivity contribution >= 4 is 5.97 Å². The van der Waals surface area contributed by atoms with E-state index in [-0.39, 0.29) is 6.61 Å². The summed E-state index contributed by atoms with van der Waals surface area (Å²) in [5, 5.41) is 19.6. The molecule has 0 amide bonds. The van der Waals surface area contributed by atoms with Crippen LogP contribution >= 0.6 is 0 Å². The lowest BCUT2D eigenvalue weighted by atomic mass is 10.1. The summed E-state index contributed by atoms with van der Waals surface area (Å²) in [5.41, 5.74) is 0. The van der Waals surface area contributed by atoms with Crippen molar-refractivity contribution in [2.45, 2.75) is 25.3 Å². The topological polar surface area (TPSA) is 69.6 Å². The van der Waals surface area contributed by atoms with Crippen LogP contribution in [-0.2, 0) is 4.79 Å². The Bertz CT molecular complexity index is 116. The lowest BCUT2D eigenvalue weighted by molar-refractivity contribution is -0.139. The fourth-order valence-corrected chi connectivity index (χ4v) is 0.852. The Morgan fingerprint density at radius 1 is 1.55 bits per heavy atom. The third kappa shape index (κ3) is 4.75. The van der Waals surface area contributed by atoms with Crippen LogP contribution < -0.4 is 5.32 Å². The van der Waals surface area contributed by atoms with Gasteiger partial charge in [-0.25, -0.2) is 0 Å². The van der Waals surface area contributed by atoms with Crippen LogP contribution in [0.1, 0.15) is 19.3 Å². The van der Waals surface area contributed by atoms with Crippen molar-refractivity contribution in [2.75, 3.05) is 13.7 Å². The SMILES string of the molecule is CN[C@@H](CCCCO)C(=O)O. The van der Waals surface area contributed by atoms with Crippen LogP contribution in [-0.4, -0.2) is 35.9 Å². The van der Waals surface area contributed by atoms with Gasteiger partial charge in [0.25, 0.3) is 0 Å². The number of carboxylic acid groups (broad SMARTS) is 1. The molecule has 0 aromatic heterocycles. The molecule has 0 unspecified atom stereocenters. The average Bonchev–Trinajstić information content (AvgIpc) is 1.97. The van der Waals surface area contributed by atoms with Gasteiger partial charge < -0.3 is 15.5 Å². The van der Waals surface area contributed by atoms with Gasteiger partial charge >= 0.3 is 5.97 Å². The maximum Gasteiger partial charge on any atom is 0.320 e. The number of aliphatic hydroxyl groups excluding tert-OH is 1. The normalized spacial score (nSPS) is 12.9. The molecule has 0 rings (SSSR count). The van der Waals surface area contributed by atoms with E-state index in [9.17, 15) is 4.79 Å². The summed E-state index contributed by atoms with van der Waals surface area (Å²) in [5.74, 6) is -0.828. The molecule has 0 saturated carbocycles. The van der Waals surface area contributed by atoms with E-state index >= 15 is 0 Å². The van der Waals surface area contributed by atoms with Gasteiger partial charge in [0.2, 0.25) is 0 Å². The fourth-order valence-electron chi connectivity index (χ4n) is 0.852. The predicted octanol–water partition coefficient (Wildman–Crippen LogP) is -0.178. The molecule has 0 heterocycles. The van der Waals surface area contributed by atoms with Crippen LogP contribution in [0.4, 0.5) is 0 Å². The highest BCUT2D eigenvalue weighted by Crippen LogP contribution is 1.99. The van der Waals surface area contributed by atoms with Crippen LogP contribution in [0.5, 0.6) is 0 Å². The molecule has 0 aromatic carbocycles. The zero-order chi connectivity index (χ0) is 8.69. The van der Waals surface area contributed by atoms with Gasteiger partial charge in [-0.2, -0.15) is 0 Å². The standard InChI is InChI=1S/C7H15NO3/c1-8-6(7(10)11)4-2-3-5-9/h6,8-9H,2-5H2,1H3,(H,10,11)/t6-/m0/s1. The molecule has 1 atom stereocenters. The van der Waals surface area contributed by atoms with Crippen molar-refractivity contribution in [1.29, 1.82) is 0 Å². The molecule has 4 nitrogen and oxygen atoms in total. The van der Waals surface area contributed by atoms with E-state index < -0.39 is 12.0 Å². The van der Waals surface area contributed by atoms with E-state index in [1.54, 1.807) is 7.05 Å². The monoisotopic (exact) mass is 161 g/mol. The average molecular weight is 161 g/mol. The predicted molar refractivity (Wildman–Crippen MR) is 41.4 cm³/mol. The highest BCUT2D eigenvalue weighted by atomic mass is 16.4. The number of likely N-dealkylation sites (N-methyl/N-ethyl adjacent to an activating group) is 1. The second-order valence-corrected chi connectivity index (χ2v) is 2.40. The number of carboxylic acids is 1. The summed E-state index contributed by atoms with van der Waals surface area (Å²) in [6, 6.07) is -0.471. The Kier molecular flexibility index (Phi) is 5.78. The second-order valence-electron chi connectivity index (χ2n) is 2.40. The number of unbranched alkanes of at least 4 members (excludes halogenated alkanes) is 1. The summed E-state index contributed by atoms with van der Waals surface area (Å²) < 4.78 is 0. The van der Waals surface area contributed by atoms with Gasteiger partial charge in [-0.05, 0) is 26.3 Å². The van der Waals surface area contributed by atoms with E-state index in [0.29, 0.717) is 12.8 Å². The molecule has 4 heteroatoms. The second kappa shape index (κ2) is 6.12.